The van der Waals surface area contributed by atoms with Crippen LogP contribution in [-0.4, -0.2) is 25.2 Å². The van der Waals surface area contributed by atoms with E-state index < -0.39 is 5.91 Å². The second-order valence-corrected chi connectivity index (χ2v) is 7.27. The summed E-state index contributed by atoms with van der Waals surface area (Å²) in [7, 11) is 0. The topological polar surface area (TPSA) is 81.8 Å². The van der Waals surface area contributed by atoms with Crippen LogP contribution in [0.3, 0.4) is 0 Å². The number of rotatable bonds is 4. The summed E-state index contributed by atoms with van der Waals surface area (Å²) in [6, 6.07) is 12.4. The van der Waals surface area contributed by atoms with E-state index in [2.05, 4.69) is 15.4 Å². The predicted molar refractivity (Wildman–Crippen MR) is 113 cm³/mol. The Bertz CT molecular complexity index is 1300. The smallest absolute Gasteiger partial charge is 0.264 e. The molecule has 1 N–H and O–H groups in total. The molecule has 29 heavy (non-hydrogen) atoms. The number of anilines is 1. The fourth-order valence-corrected chi connectivity index (χ4v) is 3.43. The van der Waals surface area contributed by atoms with Crippen LogP contribution >= 0.6 is 23.2 Å². The molecular weight excluding hydrogens is 413 g/mol. The van der Waals surface area contributed by atoms with Crippen LogP contribution in [0.5, 0.6) is 0 Å². The van der Waals surface area contributed by atoms with Gasteiger partial charge in [-0.1, -0.05) is 41.4 Å². The van der Waals surface area contributed by atoms with Gasteiger partial charge < -0.3 is 5.32 Å². The van der Waals surface area contributed by atoms with Gasteiger partial charge in [-0.15, -0.1) is 0 Å². The quantitative estimate of drug-likeness (QED) is 0.536. The number of nitrogens with one attached hydrogen (secondary N) is 1. The molecule has 0 spiro atoms. The molecule has 2 aromatic heterocycles. The van der Waals surface area contributed by atoms with Gasteiger partial charge in [-0.2, -0.15) is 5.10 Å². The number of nitrogens with zero attached hydrogens (tertiary/aromatic N) is 4. The minimum atomic E-state index is -0.413. The summed E-state index contributed by atoms with van der Waals surface area (Å²) in [5.74, 6) is -0.413. The molecule has 0 fully saturated rings. The number of para-hydroxylation sites is 1. The van der Waals surface area contributed by atoms with Crippen molar-refractivity contribution < 1.29 is 4.79 Å². The number of aromatic nitrogens is 4. The summed E-state index contributed by atoms with van der Waals surface area (Å²) in [6.07, 6.45) is 2.80. The van der Waals surface area contributed by atoms with Crippen LogP contribution in [0.1, 0.15) is 5.56 Å². The van der Waals surface area contributed by atoms with E-state index in [0.29, 0.717) is 26.8 Å². The van der Waals surface area contributed by atoms with Crippen molar-refractivity contribution in [2.45, 2.75) is 13.5 Å². The normalized spacial score (nSPS) is 11.0. The van der Waals surface area contributed by atoms with Gasteiger partial charge in [0.25, 0.3) is 5.56 Å². The third-order valence-electron chi connectivity index (χ3n) is 4.42. The van der Waals surface area contributed by atoms with Gasteiger partial charge in [-0.05, 0) is 36.8 Å². The Morgan fingerprint density at radius 1 is 1.17 bits per heavy atom. The molecule has 0 aliphatic carbocycles. The number of hydrogen-bond acceptors (Lipinski definition) is 4. The minimum absolute atomic E-state index is 0.212. The van der Waals surface area contributed by atoms with Crippen LogP contribution in [-0.2, 0) is 11.3 Å². The van der Waals surface area contributed by atoms with Crippen molar-refractivity contribution in [2.75, 3.05) is 5.32 Å². The highest BCUT2D eigenvalue weighted by molar-refractivity contribution is 6.36. The van der Waals surface area contributed by atoms with Gasteiger partial charge in [0.2, 0.25) is 5.91 Å². The van der Waals surface area contributed by atoms with Gasteiger partial charge in [0.05, 0.1) is 22.6 Å². The van der Waals surface area contributed by atoms with Gasteiger partial charge in [0, 0.05) is 5.02 Å². The number of carbonyl (C=O) groups excluding carboxylic acids is 1. The van der Waals surface area contributed by atoms with Crippen molar-refractivity contribution in [3.63, 3.8) is 0 Å². The lowest BCUT2D eigenvalue weighted by molar-refractivity contribution is -0.116. The first-order valence-corrected chi connectivity index (χ1v) is 9.44. The molecule has 7 nitrogen and oxygen atoms in total. The maximum Gasteiger partial charge on any atom is 0.264 e. The fraction of sp³-hybridized carbons (Fsp3) is 0.100. The van der Waals surface area contributed by atoms with Gasteiger partial charge in [0.1, 0.15) is 18.3 Å². The first-order chi connectivity index (χ1) is 13.9. The number of halogens is 2. The number of aryl methyl sites for hydroxylation is 1. The number of fused-ring (bicyclic) bond motifs is 1. The molecule has 4 rings (SSSR count). The summed E-state index contributed by atoms with van der Waals surface area (Å²) in [6.45, 7) is 1.74. The Kier molecular flexibility index (Phi) is 5.08. The first kappa shape index (κ1) is 19.2. The SMILES string of the molecule is Cc1ccccc1-n1ncc2c(=O)n(CC(=O)Nc3ccc(Cl)cc3Cl)cnc21. The summed E-state index contributed by atoms with van der Waals surface area (Å²) in [5, 5.41) is 8.07. The largest absolute Gasteiger partial charge is 0.323 e. The maximum absolute atomic E-state index is 12.8. The molecule has 2 aromatic carbocycles. The van der Waals surface area contributed by atoms with Gasteiger partial charge in [-0.3, -0.25) is 14.2 Å². The zero-order chi connectivity index (χ0) is 20.5. The molecule has 2 heterocycles. The van der Waals surface area contributed by atoms with E-state index in [1.807, 2.05) is 31.2 Å². The molecule has 0 saturated heterocycles. The number of amides is 1. The van der Waals surface area contributed by atoms with Crippen LogP contribution < -0.4 is 10.9 Å². The molecule has 0 aliphatic rings. The first-order valence-electron chi connectivity index (χ1n) is 8.68. The average molecular weight is 428 g/mol. The monoisotopic (exact) mass is 427 g/mol. The van der Waals surface area contributed by atoms with E-state index in [1.54, 1.807) is 16.8 Å². The Morgan fingerprint density at radius 3 is 2.72 bits per heavy atom. The van der Waals surface area contributed by atoms with Gasteiger partial charge in [-0.25, -0.2) is 9.67 Å². The van der Waals surface area contributed by atoms with Gasteiger partial charge in [0.15, 0.2) is 5.65 Å². The lowest BCUT2D eigenvalue weighted by Crippen LogP contribution is -2.28. The molecule has 0 aliphatic heterocycles. The Labute approximate surface area is 175 Å². The van der Waals surface area contributed by atoms with Crippen LogP contribution in [0.2, 0.25) is 10.0 Å². The summed E-state index contributed by atoms with van der Waals surface area (Å²) >= 11 is 11.9. The average Bonchev–Trinajstić information content (AvgIpc) is 3.11. The van der Waals surface area contributed by atoms with E-state index in [4.69, 9.17) is 23.2 Å². The van der Waals surface area contributed by atoms with Crippen molar-refractivity contribution in [1.29, 1.82) is 0 Å². The lowest BCUT2D eigenvalue weighted by atomic mass is 10.2. The van der Waals surface area contributed by atoms with Crippen molar-refractivity contribution in [2.24, 2.45) is 0 Å². The maximum atomic E-state index is 12.8. The van der Waals surface area contributed by atoms with Crippen LogP contribution in [0, 0.1) is 6.92 Å². The predicted octanol–water partition coefficient (Wildman–Crippen LogP) is 3.84. The van der Waals surface area contributed by atoms with E-state index in [0.717, 1.165) is 11.3 Å². The number of benzene rings is 2. The third kappa shape index (κ3) is 3.74. The zero-order valence-corrected chi connectivity index (χ0v) is 16.8. The van der Waals surface area contributed by atoms with E-state index >= 15 is 0 Å². The van der Waals surface area contributed by atoms with Crippen LogP contribution in [0.25, 0.3) is 16.7 Å². The summed E-state index contributed by atoms with van der Waals surface area (Å²) in [4.78, 5) is 29.5. The second kappa shape index (κ2) is 7.69. The molecule has 9 heteroatoms. The molecule has 146 valence electrons. The Hall–Kier alpha value is -3.16. The lowest BCUT2D eigenvalue weighted by Gasteiger charge is -2.09. The van der Waals surface area contributed by atoms with Crippen molar-refractivity contribution in [1.82, 2.24) is 19.3 Å². The van der Waals surface area contributed by atoms with E-state index in [1.165, 1.54) is 23.2 Å². The Balaban J connectivity index is 1.62. The molecular formula is C20H15Cl2N5O2. The highest BCUT2D eigenvalue weighted by atomic mass is 35.5. The van der Waals surface area contributed by atoms with E-state index in [9.17, 15) is 9.59 Å². The summed E-state index contributed by atoms with van der Waals surface area (Å²) < 4.78 is 2.84. The van der Waals surface area contributed by atoms with Crippen molar-refractivity contribution in [3.8, 4) is 5.69 Å². The standard InChI is InChI=1S/C20H15Cl2N5O2/c1-12-4-2-3-5-17(12)27-19-14(9-24-27)20(29)26(11-23-19)10-18(28)25-16-7-6-13(21)8-15(16)22/h2-9,11H,10H2,1H3,(H,25,28). The minimum Gasteiger partial charge on any atom is -0.323 e. The molecule has 1 amide bonds. The number of carbonyl (C=O) groups is 1. The van der Waals surface area contributed by atoms with Crippen LogP contribution in [0.4, 0.5) is 5.69 Å². The molecule has 0 radical (unpaired) electrons. The van der Waals surface area contributed by atoms with Gasteiger partial charge >= 0.3 is 0 Å². The fourth-order valence-electron chi connectivity index (χ4n) is 2.97. The van der Waals surface area contributed by atoms with Crippen molar-refractivity contribution >= 4 is 45.8 Å². The van der Waals surface area contributed by atoms with E-state index in [-0.39, 0.29) is 12.1 Å². The molecule has 0 bridgehead atoms. The van der Waals surface area contributed by atoms with Crippen LogP contribution in [0.15, 0.2) is 59.8 Å². The molecule has 0 unspecified atom stereocenters. The third-order valence-corrected chi connectivity index (χ3v) is 4.97. The highest BCUT2D eigenvalue weighted by Crippen LogP contribution is 2.25. The molecule has 0 saturated carbocycles. The van der Waals surface area contributed by atoms with Crippen molar-refractivity contribution in [3.05, 3.63) is 81.0 Å². The highest BCUT2D eigenvalue weighted by Gasteiger charge is 2.14. The second-order valence-electron chi connectivity index (χ2n) is 6.43. The zero-order valence-electron chi connectivity index (χ0n) is 15.3. The molecule has 4 aromatic rings. The Morgan fingerprint density at radius 2 is 1.97 bits per heavy atom. The summed E-state index contributed by atoms with van der Waals surface area (Å²) in [5.41, 5.74) is 2.33. The molecule has 0 atom stereocenters. The number of hydrogen-bond donors (Lipinski definition) is 1.